The second-order valence-corrected chi connectivity index (χ2v) is 12.3. The number of rotatable bonds is 9. The van der Waals surface area contributed by atoms with Gasteiger partial charge in [-0.2, -0.15) is 0 Å². The molecule has 2 aliphatic heterocycles. The van der Waals surface area contributed by atoms with Crippen molar-refractivity contribution in [1.82, 2.24) is 25.6 Å². The van der Waals surface area contributed by atoms with E-state index in [2.05, 4.69) is 15.7 Å². The topological polar surface area (TPSA) is 124 Å². The number of H-pyrrole nitrogens is 1. The van der Waals surface area contributed by atoms with Gasteiger partial charge in [-0.25, -0.2) is 5.01 Å². The highest BCUT2D eigenvalue weighted by Gasteiger charge is 2.45. The average molecular weight is 559 g/mol. The van der Waals surface area contributed by atoms with Crippen LogP contribution in [0.5, 0.6) is 0 Å². The molecule has 41 heavy (non-hydrogen) atoms. The van der Waals surface area contributed by atoms with Crippen LogP contribution >= 0.6 is 0 Å². The number of para-hydroxylation sites is 1. The number of hydrazine groups is 1. The first kappa shape index (κ1) is 28.8. The summed E-state index contributed by atoms with van der Waals surface area (Å²) in [6.45, 7) is 5.74. The summed E-state index contributed by atoms with van der Waals surface area (Å²) >= 11 is 0. The lowest BCUT2D eigenvalue weighted by Crippen LogP contribution is -2.61. The number of nitrogens with zero attached hydrogens (tertiary/aromatic N) is 2. The van der Waals surface area contributed by atoms with Crippen molar-refractivity contribution in [3.05, 3.63) is 71.9 Å². The number of nitrogens with one attached hydrogen (secondary N) is 3. The lowest BCUT2D eigenvalue weighted by atomic mass is 9.74. The molecule has 9 heteroatoms. The van der Waals surface area contributed by atoms with Crippen molar-refractivity contribution in [2.24, 2.45) is 11.1 Å². The summed E-state index contributed by atoms with van der Waals surface area (Å²) in [5.74, 6) is -0.630. The van der Waals surface area contributed by atoms with Crippen LogP contribution in [0.3, 0.4) is 0 Å². The van der Waals surface area contributed by atoms with Crippen molar-refractivity contribution in [3.8, 4) is 0 Å². The Kier molecular flexibility index (Phi) is 8.47. The molecule has 0 aliphatic carbocycles. The first-order valence-corrected chi connectivity index (χ1v) is 14.7. The van der Waals surface area contributed by atoms with Gasteiger partial charge in [0.1, 0.15) is 6.04 Å². The first-order chi connectivity index (χ1) is 19.6. The minimum absolute atomic E-state index is 0.0407. The van der Waals surface area contributed by atoms with E-state index >= 15 is 0 Å². The normalized spacial score (nSPS) is 20.6. The highest BCUT2D eigenvalue weighted by molar-refractivity contribution is 5.93. The summed E-state index contributed by atoms with van der Waals surface area (Å²) in [5, 5.41) is 5.95. The molecule has 3 heterocycles. The van der Waals surface area contributed by atoms with Crippen LogP contribution in [-0.2, 0) is 27.2 Å². The standard InChI is InChI=1S/C32H42N6O3/c1-31(2,33)29(40)35-27(19-24-21-34-26-14-7-6-13-25(24)26)28(39)37-16-10-15-32(22-37,20-23-11-4-3-5-12-23)30(41)36-38-17-8-9-18-38/h3-7,11-14,21,27,34H,8-10,15-20,22,33H2,1-2H3,(H,35,40)(H,36,41)/t27-,32?/m1/s1. The molecule has 0 radical (unpaired) electrons. The SMILES string of the molecule is CC(C)(N)C(=O)N[C@H](Cc1c[nH]c2ccccc12)C(=O)N1CCCC(Cc2ccccc2)(C(=O)NN2CCCC2)C1. The van der Waals surface area contributed by atoms with Gasteiger partial charge in [0.25, 0.3) is 0 Å². The fraction of sp³-hybridized carbons (Fsp3) is 0.469. The van der Waals surface area contributed by atoms with Crippen molar-refractivity contribution in [2.75, 3.05) is 26.2 Å². The number of aromatic amines is 1. The van der Waals surface area contributed by atoms with Gasteiger partial charge in [0.05, 0.1) is 11.0 Å². The Bertz CT molecular complexity index is 1370. The van der Waals surface area contributed by atoms with Crippen molar-refractivity contribution < 1.29 is 14.4 Å². The van der Waals surface area contributed by atoms with E-state index in [-0.39, 0.29) is 18.4 Å². The molecule has 3 amide bonds. The van der Waals surface area contributed by atoms with E-state index in [0.717, 1.165) is 48.0 Å². The predicted molar refractivity (Wildman–Crippen MR) is 160 cm³/mol. The number of amides is 3. The van der Waals surface area contributed by atoms with Crippen LogP contribution in [-0.4, -0.2) is 70.4 Å². The number of likely N-dealkylation sites (tertiary alicyclic amines) is 1. The number of aromatic nitrogens is 1. The molecule has 0 bridgehead atoms. The summed E-state index contributed by atoms with van der Waals surface area (Å²) < 4.78 is 0. The fourth-order valence-electron chi connectivity index (χ4n) is 6.09. The number of fused-ring (bicyclic) bond motifs is 1. The Morgan fingerprint density at radius 2 is 1.71 bits per heavy atom. The maximum Gasteiger partial charge on any atom is 0.245 e. The molecule has 2 atom stereocenters. The van der Waals surface area contributed by atoms with E-state index in [1.807, 2.05) is 65.8 Å². The minimum Gasteiger partial charge on any atom is -0.361 e. The molecule has 5 N–H and O–H groups in total. The first-order valence-electron chi connectivity index (χ1n) is 14.7. The molecule has 2 aromatic carbocycles. The Labute approximate surface area is 241 Å². The van der Waals surface area contributed by atoms with Gasteiger partial charge in [-0.1, -0.05) is 48.5 Å². The van der Waals surface area contributed by atoms with E-state index in [1.165, 1.54) is 0 Å². The zero-order chi connectivity index (χ0) is 29.0. The number of carbonyl (C=O) groups is 3. The van der Waals surface area contributed by atoms with Gasteiger partial charge < -0.3 is 20.9 Å². The number of nitrogens with two attached hydrogens (primary N) is 1. The quantitative estimate of drug-likeness (QED) is 0.322. The second-order valence-electron chi connectivity index (χ2n) is 12.3. The largest absolute Gasteiger partial charge is 0.361 e. The third kappa shape index (κ3) is 6.63. The molecule has 2 aliphatic rings. The number of hydrogen-bond acceptors (Lipinski definition) is 5. The molecule has 9 nitrogen and oxygen atoms in total. The Morgan fingerprint density at radius 1 is 1.00 bits per heavy atom. The number of benzene rings is 2. The van der Waals surface area contributed by atoms with E-state index in [4.69, 9.17) is 5.73 Å². The lowest BCUT2D eigenvalue weighted by molar-refractivity contribution is -0.146. The van der Waals surface area contributed by atoms with Gasteiger partial charge in [0.2, 0.25) is 17.7 Å². The molecule has 218 valence electrons. The molecule has 2 fully saturated rings. The minimum atomic E-state index is -1.15. The Hall–Kier alpha value is -3.69. The summed E-state index contributed by atoms with van der Waals surface area (Å²) in [6, 6.07) is 17.1. The van der Waals surface area contributed by atoms with Crippen LogP contribution in [0.25, 0.3) is 10.9 Å². The predicted octanol–water partition coefficient (Wildman–Crippen LogP) is 2.91. The van der Waals surface area contributed by atoms with Gasteiger partial charge >= 0.3 is 0 Å². The molecular formula is C32H42N6O3. The van der Waals surface area contributed by atoms with Crippen LogP contribution < -0.4 is 16.5 Å². The van der Waals surface area contributed by atoms with Crippen molar-refractivity contribution >= 4 is 28.6 Å². The molecule has 1 aromatic heterocycles. The number of hydrogen-bond donors (Lipinski definition) is 4. The summed E-state index contributed by atoms with van der Waals surface area (Å²) in [5.41, 5.74) is 10.3. The third-order valence-electron chi connectivity index (χ3n) is 8.41. The van der Waals surface area contributed by atoms with E-state index in [0.29, 0.717) is 32.2 Å². The van der Waals surface area contributed by atoms with Gasteiger partial charge in [-0.05, 0) is 63.1 Å². The summed E-state index contributed by atoms with van der Waals surface area (Å²) in [4.78, 5) is 46.3. The summed E-state index contributed by atoms with van der Waals surface area (Å²) in [7, 11) is 0. The molecule has 2 saturated heterocycles. The fourth-order valence-corrected chi connectivity index (χ4v) is 6.09. The van der Waals surface area contributed by atoms with Gasteiger partial charge in [-0.15, -0.1) is 0 Å². The molecule has 0 saturated carbocycles. The van der Waals surface area contributed by atoms with Gasteiger partial charge in [0.15, 0.2) is 0 Å². The number of piperidine rings is 1. The van der Waals surface area contributed by atoms with Crippen molar-refractivity contribution in [1.29, 1.82) is 0 Å². The van der Waals surface area contributed by atoms with Crippen LogP contribution in [0.15, 0.2) is 60.8 Å². The Morgan fingerprint density at radius 3 is 2.44 bits per heavy atom. The van der Waals surface area contributed by atoms with Crippen LogP contribution in [0.4, 0.5) is 0 Å². The summed E-state index contributed by atoms with van der Waals surface area (Å²) in [6.07, 6.45) is 6.23. The zero-order valence-corrected chi connectivity index (χ0v) is 24.1. The monoisotopic (exact) mass is 558 g/mol. The zero-order valence-electron chi connectivity index (χ0n) is 24.1. The maximum atomic E-state index is 14.2. The maximum absolute atomic E-state index is 14.2. The van der Waals surface area contributed by atoms with Gasteiger partial charge in [0, 0.05) is 49.7 Å². The molecule has 3 aromatic rings. The molecular weight excluding hydrogens is 516 g/mol. The van der Waals surface area contributed by atoms with Crippen molar-refractivity contribution in [2.45, 2.75) is 64.0 Å². The number of carbonyl (C=O) groups excluding carboxylic acids is 3. The van der Waals surface area contributed by atoms with Crippen LogP contribution in [0.1, 0.15) is 50.7 Å². The smallest absolute Gasteiger partial charge is 0.245 e. The van der Waals surface area contributed by atoms with Crippen LogP contribution in [0.2, 0.25) is 0 Å². The van der Waals surface area contributed by atoms with Crippen LogP contribution in [0, 0.1) is 5.41 Å². The van der Waals surface area contributed by atoms with E-state index < -0.39 is 22.9 Å². The Balaban J connectivity index is 1.42. The molecule has 1 unspecified atom stereocenters. The third-order valence-corrected chi connectivity index (χ3v) is 8.41. The van der Waals surface area contributed by atoms with E-state index in [1.54, 1.807) is 18.7 Å². The highest BCUT2D eigenvalue weighted by atomic mass is 16.2. The average Bonchev–Trinajstić information content (AvgIpc) is 3.62. The molecule has 5 rings (SSSR count). The highest BCUT2D eigenvalue weighted by Crippen LogP contribution is 2.35. The lowest BCUT2D eigenvalue weighted by Gasteiger charge is -2.43. The van der Waals surface area contributed by atoms with E-state index in [9.17, 15) is 14.4 Å². The second kappa shape index (κ2) is 12.0. The van der Waals surface area contributed by atoms with Gasteiger partial charge in [-0.3, -0.25) is 19.8 Å². The molecule has 0 spiro atoms. The van der Waals surface area contributed by atoms with Crippen molar-refractivity contribution in [3.63, 3.8) is 0 Å².